The van der Waals surface area contributed by atoms with E-state index in [-0.39, 0.29) is 47.0 Å². The van der Waals surface area contributed by atoms with Crippen molar-refractivity contribution in [3.05, 3.63) is 65.9 Å². The van der Waals surface area contributed by atoms with Gasteiger partial charge in [0.25, 0.3) is 0 Å². The molecular weight excluding hydrogens is 537 g/mol. The van der Waals surface area contributed by atoms with Gasteiger partial charge in [0.05, 0.1) is 12.3 Å². The number of rotatable bonds is 8. The number of aliphatic imine (C=N–C) groups is 1. The lowest BCUT2D eigenvalue weighted by Crippen LogP contribution is -2.38. The summed E-state index contributed by atoms with van der Waals surface area (Å²) in [6.07, 6.45) is 2.47. The Morgan fingerprint density at radius 1 is 1.13 bits per heavy atom. The van der Waals surface area contributed by atoms with Gasteiger partial charge in [-0.1, -0.05) is 12.1 Å². The Hall–Kier alpha value is -2.21. The number of nitrogens with one attached hydrogen (secondary N) is 3. The maximum atomic E-state index is 13.8. The second-order valence-corrected chi connectivity index (χ2v) is 8.77. The molecule has 0 atom stereocenters. The Bertz CT molecular complexity index is 1150. The molecule has 0 unspecified atom stereocenters. The molecule has 0 aliphatic heterocycles. The molecule has 0 radical (unpaired) electrons. The minimum absolute atomic E-state index is 0. The molecule has 6 nitrogen and oxygen atoms in total. The molecule has 0 fully saturated rings. The predicted octanol–water partition coefficient (Wildman–Crippen LogP) is 3.64. The Balaban J connectivity index is 0.00000341. The molecule has 3 N–H and O–H groups in total. The van der Waals surface area contributed by atoms with Gasteiger partial charge in [-0.05, 0) is 49.2 Å². The van der Waals surface area contributed by atoms with Crippen molar-refractivity contribution in [3.63, 3.8) is 0 Å². The number of hydrogen-bond donors (Lipinski definition) is 3. The highest BCUT2D eigenvalue weighted by Crippen LogP contribution is 2.19. The largest absolute Gasteiger partial charge is 0.361 e. The second kappa shape index (κ2) is 11.4. The smallest absolute Gasteiger partial charge is 0.191 e. The highest BCUT2D eigenvalue weighted by atomic mass is 127. The van der Waals surface area contributed by atoms with Gasteiger partial charge >= 0.3 is 0 Å². The van der Waals surface area contributed by atoms with E-state index in [0.29, 0.717) is 25.5 Å². The fraction of sp³-hybridized carbons (Fsp3) is 0.286. The molecule has 0 spiro atoms. The minimum Gasteiger partial charge on any atom is -0.361 e. The second-order valence-electron chi connectivity index (χ2n) is 6.69. The summed E-state index contributed by atoms with van der Waals surface area (Å²) in [6, 6.07) is 9.91. The maximum Gasteiger partial charge on any atom is 0.191 e. The molecule has 0 aliphatic carbocycles. The van der Waals surface area contributed by atoms with Crippen LogP contribution < -0.4 is 10.6 Å². The van der Waals surface area contributed by atoms with Gasteiger partial charge in [0, 0.05) is 30.2 Å². The van der Waals surface area contributed by atoms with Gasteiger partial charge in [-0.25, -0.2) is 17.2 Å². The van der Waals surface area contributed by atoms with E-state index >= 15 is 0 Å². The summed E-state index contributed by atoms with van der Waals surface area (Å²) in [7, 11) is -3.76. The predicted molar refractivity (Wildman–Crippen MR) is 130 cm³/mol. The molecule has 0 aliphatic rings. The van der Waals surface area contributed by atoms with E-state index < -0.39 is 15.7 Å². The molecular formula is C21H25F2IN4O2S. The summed E-state index contributed by atoms with van der Waals surface area (Å²) >= 11 is 0. The first-order chi connectivity index (χ1) is 14.4. The molecule has 31 heavy (non-hydrogen) atoms. The quantitative estimate of drug-likeness (QED) is 0.223. The number of hydrogen-bond acceptors (Lipinski definition) is 3. The van der Waals surface area contributed by atoms with E-state index in [0.717, 1.165) is 22.5 Å². The number of halogens is 3. The van der Waals surface area contributed by atoms with Gasteiger partial charge in [-0.2, -0.15) is 0 Å². The molecule has 10 heteroatoms. The van der Waals surface area contributed by atoms with Crippen LogP contribution in [0, 0.1) is 11.6 Å². The standard InChI is InChI=1S/C21H24F2N4O2S.HI/c1-2-24-21(26-11-12-30(28,29)20-6-4-3-5-18(20)23)25-10-9-15-14-27-19-8-7-16(22)13-17(15)19;/h3-8,13-14,27H,2,9-12H2,1H3,(H2,24,25,26);1H. The first-order valence-corrected chi connectivity index (χ1v) is 11.3. The van der Waals surface area contributed by atoms with Crippen LogP contribution in [-0.4, -0.2) is 44.7 Å². The third-order valence-electron chi connectivity index (χ3n) is 4.56. The van der Waals surface area contributed by atoms with E-state index in [9.17, 15) is 17.2 Å². The van der Waals surface area contributed by atoms with Crippen molar-refractivity contribution in [3.8, 4) is 0 Å². The van der Waals surface area contributed by atoms with Gasteiger partial charge in [0.15, 0.2) is 15.8 Å². The Morgan fingerprint density at radius 2 is 1.90 bits per heavy atom. The summed E-state index contributed by atoms with van der Waals surface area (Å²) in [5.41, 5.74) is 1.83. The topological polar surface area (TPSA) is 86.3 Å². The lowest BCUT2D eigenvalue weighted by atomic mass is 10.1. The van der Waals surface area contributed by atoms with Gasteiger partial charge < -0.3 is 15.6 Å². The first kappa shape index (κ1) is 25.1. The Labute approximate surface area is 197 Å². The highest BCUT2D eigenvalue weighted by Gasteiger charge is 2.18. The van der Waals surface area contributed by atoms with Crippen LogP contribution in [0.25, 0.3) is 10.9 Å². The zero-order valence-corrected chi connectivity index (χ0v) is 20.1. The lowest BCUT2D eigenvalue weighted by molar-refractivity contribution is 0.567. The van der Waals surface area contributed by atoms with Crippen LogP contribution in [0.2, 0.25) is 0 Å². The van der Waals surface area contributed by atoms with E-state index in [4.69, 9.17) is 0 Å². The van der Waals surface area contributed by atoms with Crippen LogP contribution in [0.4, 0.5) is 8.78 Å². The Morgan fingerprint density at radius 3 is 2.65 bits per heavy atom. The number of fused-ring (bicyclic) bond motifs is 1. The zero-order chi connectivity index (χ0) is 21.6. The van der Waals surface area contributed by atoms with Gasteiger partial charge in [-0.3, -0.25) is 4.99 Å². The van der Waals surface area contributed by atoms with Gasteiger partial charge in [0.1, 0.15) is 16.5 Å². The molecule has 2 aromatic carbocycles. The highest BCUT2D eigenvalue weighted by molar-refractivity contribution is 14.0. The van der Waals surface area contributed by atoms with E-state index in [1.165, 1.54) is 30.3 Å². The summed E-state index contributed by atoms with van der Waals surface area (Å²) in [4.78, 5) is 7.07. The average molecular weight is 562 g/mol. The van der Waals surface area contributed by atoms with E-state index in [2.05, 4.69) is 20.6 Å². The molecule has 0 saturated carbocycles. The molecule has 0 bridgehead atoms. The van der Waals surface area contributed by atoms with Gasteiger partial charge in [-0.15, -0.1) is 24.0 Å². The molecule has 1 aromatic heterocycles. The molecule has 168 valence electrons. The van der Waals surface area contributed by atoms with Crippen molar-refractivity contribution in [2.24, 2.45) is 4.99 Å². The third-order valence-corrected chi connectivity index (χ3v) is 6.28. The van der Waals surface area contributed by atoms with Crippen LogP contribution >= 0.6 is 24.0 Å². The van der Waals surface area contributed by atoms with E-state index in [1.54, 1.807) is 6.07 Å². The summed E-state index contributed by atoms with van der Waals surface area (Å²) < 4.78 is 51.9. The number of H-pyrrole nitrogens is 1. The fourth-order valence-electron chi connectivity index (χ4n) is 3.10. The lowest BCUT2D eigenvalue weighted by Gasteiger charge is -2.11. The summed E-state index contributed by atoms with van der Waals surface area (Å²) in [6.45, 7) is 3.01. The van der Waals surface area contributed by atoms with Crippen LogP contribution in [0.5, 0.6) is 0 Å². The van der Waals surface area contributed by atoms with Crippen LogP contribution in [0.3, 0.4) is 0 Å². The summed E-state index contributed by atoms with van der Waals surface area (Å²) in [5, 5.41) is 7.02. The summed E-state index contributed by atoms with van der Waals surface area (Å²) in [5.74, 6) is -0.886. The normalized spacial score (nSPS) is 11.9. The van der Waals surface area contributed by atoms with Crippen molar-refractivity contribution in [1.29, 1.82) is 0 Å². The van der Waals surface area contributed by atoms with Crippen molar-refractivity contribution in [2.75, 3.05) is 25.4 Å². The Kier molecular flexibility index (Phi) is 9.23. The third kappa shape index (κ3) is 6.63. The molecule has 1 heterocycles. The fourth-order valence-corrected chi connectivity index (χ4v) is 4.30. The number of guanidine groups is 1. The minimum atomic E-state index is -3.76. The molecule has 3 aromatic rings. The van der Waals surface area contributed by atoms with Crippen LogP contribution in [0.15, 0.2) is 58.5 Å². The SMILES string of the molecule is CCNC(=NCCS(=O)(=O)c1ccccc1F)NCCc1c[nH]c2ccc(F)cc12.I. The molecule has 3 rings (SSSR count). The molecule has 0 amide bonds. The van der Waals surface area contributed by atoms with Crippen LogP contribution in [-0.2, 0) is 16.3 Å². The van der Waals surface area contributed by atoms with Crippen molar-refractivity contribution in [1.82, 2.24) is 15.6 Å². The van der Waals surface area contributed by atoms with Crippen molar-refractivity contribution < 1.29 is 17.2 Å². The van der Waals surface area contributed by atoms with Crippen LogP contribution in [0.1, 0.15) is 12.5 Å². The molecule has 0 saturated heterocycles. The number of benzene rings is 2. The zero-order valence-electron chi connectivity index (χ0n) is 17.0. The van der Waals surface area contributed by atoms with Crippen molar-refractivity contribution in [2.45, 2.75) is 18.2 Å². The first-order valence-electron chi connectivity index (χ1n) is 9.65. The monoisotopic (exact) mass is 562 g/mol. The van der Waals surface area contributed by atoms with Crippen molar-refractivity contribution >= 4 is 50.7 Å². The number of aromatic nitrogens is 1. The number of aromatic amines is 1. The van der Waals surface area contributed by atoms with E-state index in [1.807, 2.05) is 13.1 Å². The average Bonchev–Trinajstić information content (AvgIpc) is 3.10. The number of sulfone groups is 1. The number of nitrogens with zero attached hydrogens (tertiary/aromatic N) is 1. The van der Waals surface area contributed by atoms with Gasteiger partial charge in [0.2, 0.25) is 0 Å². The maximum absolute atomic E-state index is 13.8.